The van der Waals surface area contributed by atoms with Gasteiger partial charge in [0.05, 0.1) is 26.1 Å². The number of nitrogens with zero attached hydrogens (tertiary/aromatic N) is 2. The minimum atomic E-state index is -1.07. The Morgan fingerprint density at radius 2 is 1.90 bits per heavy atom. The van der Waals surface area contributed by atoms with E-state index in [-0.39, 0.29) is 48.9 Å². The van der Waals surface area contributed by atoms with Gasteiger partial charge >= 0.3 is 12.1 Å². The number of alkyl carbamates (subject to hydrolysis) is 1. The molecule has 0 saturated heterocycles. The van der Waals surface area contributed by atoms with Crippen LogP contribution in [0.15, 0.2) is 22.5 Å². The smallest absolute Gasteiger partial charge is 0.408 e. The van der Waals surface area contributed by atoms with Gasteiger partial charge in [-0.1, -0.05) is 39.3 Å². The van der Waals surface area contributed by atoms with Crippen molar-refractivity contribution in [1.29, 1.82) is 0 Å². The number of hydrogen-bond donors (Lipinski definition) is 2. The highest BCUT2D eigenvalue weighted by Crippen LogP contribution is 2.32. The van der Waals surface area contributed by atoms with Crippen molar-refractivity contribution in [3.8, 4) is 0 Å². The van der Waals surface area contributed by atoms with E-state index in [1.807, 2.05) is 31.4 Å². The van der Waals surface area contributed by atoms with Crippen molar-refractivity contribution in [3.63, 3.8) is 0 Å². The molecule has 0 saturated carbocycles. The lowest BCUT2D eigenvalue weighted by atomic mass is 9.89. The summed E-state index contributed by atoms with van der Waals surface area (Å²) in [7, 11) is 1.33. The topological polar surface area (TPSA) is 136 Å². The average Bonchev–Trinajstić information content (AvgIpc) is 3.52. The van der Waals surface area contributed by atoms with E-state index >= 15 is 0 Å². The highest BCUT2D eigenvalue weighted by Gasteiger charge is 2.41. The Hall–Kier alpha value is -2.73. The fraction of sp³-hybridized carbons (Fsp3) is 0.655. The predicted molar refractivity (Wildman–Crippen MR) is 163 cm³/mol. The zero-order valence-electron chi connectivity index (χ0n) is 25.4. The summed E-state index contributed by atoms with van der Waals surface area (Å²) in [5.41, 5.74) is -1.02. The number of allylic oxidation sites excluding steroid dienone is 2. The first kappa shape index (κ1) is 34.5. The average molecular weight is 609 g/mol. The Labute approximate surface area is 251 Å². The van der Waals surface area contributed by atoms with Crippen LogP contribution in [0.5, 0.6) is 0 Å². The molecule has 228 valence electrons. The maximum absolute atomic E-state index is 13.4. The standard InChI is InChI=1S/C29H44N4O6S2/c1-9-10-11-12-19(14-23(35)38-8)13-21(34)24(18(2)3)32-26(36)29(7)17-41-25(33-29)20-16-40-22(31-20)15-30-27(37)39-28(4,5)6/h11-12,16,18-19,24H,9-10,13-15,17H2,1-8H3,(H,30,37)(H,32,36)/b12-11+/t19?,24-,29-/m0/s1. The third-order valence-corrected chi connectivity index (χ3v) is 8.29. The second-order valence-electron chi connectivity index (χ2n) is 11.6. The second-order valence-corrected chi connectivity index (χ2v) is 13.5. The summed E-state index contributed by atoms with van der Waals surface area (Å²) in [4.78, 5) is 59.9. The number of Topliss-reactive ketones (excluding diaryl/α,β-unsaturated/α-hetero) is 1. The SMILES string of the molecule is CCC/C=C/C(CC(=O)OC)CC(=O)[C@@H](NC(=O)[C@]1(C)CSC(c2csc(CNC(=O)OC(C)(C)C)n2)=N1)C(C)C. The van der Waals surface area contributed by atoms with Gasteiger partial charge in [-0.2, -0.15) is 0 Å². The number of aliphatic imine (C=N–C) groups is 1. The van der Waals surface area contributed by atoms with Crippen LogP contribution in [-0.4, -0.2) is 63.8 Å². The molecule has 41 heavy (non-hydrogen) atoms. The minimum absolute atomic E-state index is 0.103. The van der Waals surface area contributed by atoms with Crippen molar-refractivity contribution < 1.29 is 28.7 Å². The van der Waals surface area contributed by atoms with E-state index in [4.69, 9.17) is 14.5 Å². The number of amides is 2. The second kappa shape index (κ2) is 15.5. The van der Waals surface area contributed by atoms with E-state index in [1.54, 1.807) is 27.7 Å². The molecule has 1 aliphatic heterocycles. The number of aromatic nitrogens is 1. The van der Waals surface area contributed by atoms with Crippen LogP contribution in [0, 0.1) is 11.8 Å². The molecule has 2 rings (SSSR count). The number of carbonyl (C=O) groups is 4. The fourth-order valence-corrected chi connectivity index (χ4v) is 5.88. The van der Waals surface area contributed by atoms with Gasteiger partial charge in [0, 0.05) is 17.6 Å². The van der Waals surface area contributed by atoms with Crippen LogP contribution >= 0.6 is 23.1 Å². The largest absolute Gasteiger partial charge is 0.469 e. The molecular formula is C29H44N4O6S2. The van der Waals surface area contributed by atoms with Gasteiger partial charge in [-0.3, -0.25) is 19.4 Å². The molecule has 0 radical (unpaired) electrons. The van der Waals surface area contributed by atoms with E-state index < -0.39 is 23.3 Å². The molecule has 12 heteroatoms. The number of carbonyl (C=O) groups excluding carboxylic acids is 4. The van der Waals surface area contributed by atoms with Crippen LogP contribution in [0.2, 0.25) is 0 Å². The molecule has 1 unspecified atom stereocenters. The summed E-state index contributed by atoms with van der Waals surface area (Å²) in [5, 5.41) is 8.79. The molecule has 1 aromatic rings. The Balaban J connectivity index is 2.07. The maximum atomic E-state index is 13.4. The fourth-order valence-electron chi connectivity index (χ4n) is 3.96. The van der Waals surface area contributed by atoms with Gasteiger partial charge in [-0.05, 0) is 46.0 Å². The van der Waals surface area contributed by atoms with E-state index in [0.29, 0.717) is 21.5 Å². The Morgan fingerprint density at radius 3 is 2.51 bits per heavy atom. The number of thioether (sulfide) groups is 1. The van der Waals surface area contributed by atoms with Crippen molar-refractivity contribution in [2.45, 2.75) is 97.9 Å². The molecule has 1 aromatic heterocycles. The number of rotatable bonds is 14. The normalized spacial score (nSPS) is 18.6. The lowest BCUT2D eigenvalue weighted by Crippen LogP contribution is -2.52. The lowest BCUT2D eigenvalue weighted by Gasteiger charge is -2.27. The summed E-state index contributed by atoms with van der Waals surface area (Å²) in [6.07, 6.45) is 5.40. The third kappa shape index (κ3) is 11.2. The molecule has 2 amide bonds. The van der Waals surface area contributed by atoms with Crippen molar-refractivity contribution in [1.82, 2.24) is 15.6 Å². The summed E-state index contributed by atoms with van der Waals surface area (Å²) < 4.78 is 10.1. The number of hydrogen-bond acceptors (Lipinski definition) is 10. The maximum Gasteiger partial charge on any atom is 0.408 e. The van der Waals surface area contributed by atoms with E-state index in [2.05, 4.69) is 22.5 Å². The number of methoxy groups -OCH3 is 1. The van der Waals surface area contributed by atoms with Crippen molar-refractivity contribution in [2.24, 2.45) is 16.8 Å². The molecule has 1 aliphatic rings. The van der Waals surface area contributed by atoms with Crippen molar-refractivity contribution in [2.75, 3.05) is 12.9 Å². The zero-order valence-corrected chi connectivity index (χ0v) is 27.0. The van der Waals surface area contributed by atoms with Crippen LogP contribution in [-0.2, 0) is 30.4 Å². The van der Waals surface area contributed by atoms with Gasteiger partial charge in [0.2, 0.25) is 5.91 Å². The van der Waals surface area contributed by atoms with Crippen LogP contribution in [0.4, 0.5) is 4.79 Å². The molecule has 0 fully saturated rings. The molecule has 2 heterocycles. The number of ketones is 1. The molecule has 3 atom stereocenters. The number of ether oxygens (including phenoxy) is 2. The molecular weight excluding hydrogens is 564 g/mol. The van der Waals surface area contributed by atoms with Crippen molar-refractivity contribution in [3.05, 3.63) is 28.2 Å². The van der Waals surface area contributed by atoms with Gasteiger partial charge in [-0.25, -0.2) is 9.78 Å². The molecule has 10 nitrogen and oxygen atoms in total. The summed E-state index contributed by atoms with van der Waals surface area (Å²) in [6, 6.07) is -0.715. The third-order valence-electron chi connectivity index (χ3n) is 6.16. The van der Waals surface area contributed by atoms with Gasteiger partial charge in [0.15, 0.2) is 5.78 Å². The van der Waals surface area contributed by atoms with E-state index in [9.17, 15) is 19.2 Å². The Morgan fingerprint density at radius 1 is 1.20 bits per heavy atom. The Kier molecular flexibility index (Phi) is 13.0. The van der Waals surface area contributed by atoms with Gasteiger partial charge in [-0.15, -0.1) is 23.1 Å². The monoisotopic (exact) mass is 608 g/mol. The summed E-state index contributed by atoms with van der Waals surface area (Å²) >= 11 is 2.81. The predicted octanol–water partition coefficient (Wildman–Crippen LogP) is 5.06. The minimum Gasteiger partial charge on any atom is -0.469 e. The molecule has 0 bridgehead atoms. The highest BCUT2D eigenvalue weighted by atomic mass is 32.2. The van der Waals surface area contributed by atoms with Gasteiger partial charge in [0.1, 0.15) is 26.9 Å². The summed E-state index contributed by atoms with van der Waals surface area (Å²) in [6.45, 7) is 13.2. The molecule has 0 aromatic carbocycles. The van der Waals surface area contributed by atoms with Crippen molar-refractivity contribution >= 4 is 51.9 Å². The van der Waals surface area contributed by atoms with E-state index in [1.165, 1.54) is 30.2 Å². The first-order chi connectivity index (χ1) is 19.2. The first-order valence-corrected chi connectivity index (χ1v) is 15.7. The molecule has 0 aliphatic carbocycles. The van der Waals surface area contributed by atoms with Gasteiger partial charge in [0.25, 0.3) is 0 Å². The number of esters is 1. The van der Waals surface area contributed by atoms with Gasteiger partial charge < -0.3 is 20.1 Å². The van der Waals surface area contributed by atoms with Crippen LogP contribution < -0.4 is 10.6 Å². The van der Waals surface area contributed by atoms with Crippen LogP contribution in [0.1, 0.15) is 84.9 Å². The quantitative estimate of drug-likeness (QED) is 0.221. The number of unbranched alkanes of at least 4 members (excludes halogenated alkanes) is 1. The molecule has 2 N–H and O–H groups in total. The molecule has 0 spiro atoms. The lowest BCUT2D eigenvalue weighted by molar-refractivity contribution is -0.141. The number of thiazole rings is 1. The van der Waals surface area contributed by atoms with Crippen LogP contribution in [0.25, 0.3) is 0 Å². The highest BCUT2D eigenvalue weighted by molar-refractivity contribution is 8.14. The summed E-state index contributed by atoms with van der Waals surface area (Å²) in [5.74, 6) is -0.892. The van der Waals surface area contributed by atoms with Crippen LogP contribution in [0.3, 0.4) is 0 Å². The number of nitrogens with one attached hydrogen (secondary N) is 2. The zero-order chi connectivity index (χ0) is 30.8. The van der Waals surface area contributed by atoms with E-state index in [0.717, 1.165) is 12.8 Å². The Bertz CT molecular complexity index is 1140. The first-order valence-electron chi connectivity index (χ1n) is 13.9.